The normalized spacial score (nSPS) is 34.1. The average Bonchev–Trinajstić information content (AvgIpc) is 2.96. The highest BCUT2D eigenvalue weighted by Gasteiger charge is 2.35. The highest BCUT2D eigenvalue weighted by molar-refractivity contribution is 5.75. The summed E-state index contributed by atoms with van der Waals surface area (Å²) in [6.07, 6.45) is 5.62. The lowest BCUT2D eigenvalue weighted by atomic mass is 10.1. The zero-order valence-electron chi connectivity index (χ0n) is 11.7. The summed E-state index contributed by atoms with van der Waals surface area (Å²) >= 11 is 0. The van der Waals surface area contributed by atoms with Crippen LogP contribution in [0.5, 0.6) is 0 Å². The van der Waals surface area contributed by atoms with E-state index in [0.29, 0.717) is 12.8 Å². The largest absolute Gasteiger partial charge is 0.481 e. The third-order valence-corrected chi connectivity index (χ3v) is 4.74. The minimum Gasteiger partial charge on any atom is -0.481 e. The van der Waals surface area contributed by atoms with Gasteiger partial charge in [0.25, 0.3) is 0 Å². The van der Waals surface area contributed by atoms with Crippen LogP contribution in [-0.2, 0) is 4.79 Å². The van der Waals surface area contributed by atoms with Gasteiger partial charge in [0, 0.05) is 31.2 Å². The van der Waals surface area contributed by atoms with E-state index in [1.54, 1.807) is 0 Å². The molecule has 2 amide bonds. The van der Waals surface area contributed by atoms with Gasteiger partial charge in [0.1, 0.15) is 0 Å². The maximum Gasteiger partial charge on any atom is 0.315 e. The Balaban J connectivity index is 1.38. The molecule has 3 aliphatic rings. The summed E-state index contributed by atoms with van der Waals surface area (Å²) in [6, 6.07) is 0.879. The molecule has 3 atom stereocenters. The van der Waals surface area contributed by atoms with Gasteiger partial charge in [0.05, 0.1) is 5.92 Å². The van der Waals surface area contributed by atoms with Crippen LogP contribution in [-0.4, -0.2) is 53.2 Å². The van der Waals surface area contributed by atoms with E-state index >= 15 is 0 Å². The Morgan fingerprint density at radius 1 is 1.00 bits per heavy atom. The number of carboxylic acids is 1. The summed E-state index contributed by atoms with van der Waals surface area (Å²) in [7, 11) is 0. The number of carboxylic acid groups (broad SMARTS) is 1. The van der Waals surface area contributed by atoms with Crippen molar-refractivity contribution < 1.29 is 14.7 Å². The zero-order valence-corrected chi connectivity index (χ0v) is 11.7. The van der Waals surface area contributed by atoms with Crippen molar-refractivity contribution in [3.8, 4) is 0 Å². The monoisotopic (exact) mass is 281 g/mol. The first-order valence-corrected chi connectivity index (χ1v) is 7.65. The fourth-order valence-electron chi connectivity index (χ4n) is 3.43. The molecule has 3 rings (SSSR count). The molecule has 1 heterocycles. The number of amides is 2. The Morgan fingerprint density at radius 3 is 2.40 bits per heavy atom. The molecule has 0 aromatic rings. The van der Waals surface area contributed by atoms with Crippen LogP contribution >= 0.6 is 0 Å². The first kappa shape index (κ1) is 13.7. The molecule has 112 valence electrons. The van der Waals surface area contributed by atoms with E-state index in [4.69, 9.17) is 5.11 Å². The third kappa shape index (κ3) is 3.23. The molecule has 0 spiro atoms. The molecule has 0 aromatic heterocycles. The molecule has 1 aliphatic heterocycles. The topological polar surface area (TPSA) is 81.7 Å². The zero-order chi connectivity index (χ0) is 14.1. The van der Waals surface area contributed by atoms with Crippen molar-refractivity contribution >= 4 is 12.0 Å². The Labute approximate surface area is 118 Å². The van der Waals surface area contributed by atoms with Gasteiger partial charge >= 0.3 is 12.0 Å². The van der Waals surface area contributed by atoms with E-state index < -0.39 is 5.97 Å². The molecule has 0 aromatic carbocycles. The highest BCUT2D eigenvalue weighted by Crippen LogP contribution is 2.30. The highest BCUT2D eigenvalue weighted by atomic mass is 16.4. The molecule has 0 bridgehead atoms. The lowest BCUT2D eigenvalue weighted by molar-refractivity contribution is -0.141. The minimum absolute atomic E-state index is 0.0111. The molecular weight excluding hydrogens is 258 g/mol. The van der Waals surface area contributed by atoms with Gasteiger partial charge < -0.3 is 15.7 Å². The molecule has 2 aliphatic carbocycles. The molecule has 20 heavy (non-hydrogen) atoms. The number of aliphatic carboxylic acids is 1. The number of hydrogen-bond donors (Lipinski definition) is 3. The molecular formula is C14H23N3O3. The van der Waals surface area contributed by atoms with Crippen molar-refractivity contribution in [1.29, 1.82) is 0 Å². The van der Waals surface area contributed by atoms with Gasteiger partial charge in [-0.15, -0.1) is 0 Å². The van der Waals surface area contributed by atoms with Crippen LogP contribution in [0.2, 0.25) is 0 Å². The molecule has 1 saturated heterocycles. The van der Waals surface area contributed by atoms with E-state index in [2.05, 4.69) is 15.5 Å². The second-order valence-electron chi connectivity index (χ2n) is 6.37. The predicted octanol–water partition coefficient (Wildman–Crippen LogP) is 0.776. The maximum absolute atomic E-state index is 11.9. The second kappa shape index (κ2) is 5.60. The van der Waals surface area contributed by atoms with Crippen LogP contribution in [0.25, 0.3) is 0 Å². The number of carbonyl (C=O) groups is 2. The van der Waals surface area contributed by atoms with Crippen LogP contribution < -0.4 is 10.6 Å². The van der Waals surface area contributed by atoms with Gasteiger partial charge in [-0.1, -0.05) is 0 Å². The van der Waals surface area contributed by atoms with E-state index in [1.165, 1.54) is 12.8 Å². The first-order chi connectivity index (χ1) is 9.61. The Hall–Kier alpha value is -1.30. The van der Waals surface area contributed by atoms with Crippen LogP contribution in [0.15, 0.2) is 0 Å². The summed E-state index contributed by atoms with van der Waals surface area (Å²) < 4.78 is 0. The quantitative estimate of drug-likeness (QED) is 0.711. The van der Waals surface area contributed by atoms with Gasteiger partial charge in [-0.2, -0.15) is 0 Å². The number of urea groups is 1. The number of nitrogens with one attached hydrogen (secondary N) is 2. The van der Waals surface area contributed by atoms with Crippen LogP contribution in [0, 0.1) is 5.92 Å². The van der Waals surface area contributed by atoms with Gasteiger partial charge in [0.15, 0.2) is 0 Å². The summed E-state index contributed by atoms with van der Waals surface area (Å²) in [5, 5.41) is 14.9. The summed E-state index contributed by atoms with van der Waals surface area (Å²) in [6.45, 7) is 2.04. The molecule has 3 N–H and O–H groups in total. The van der Waals surface area contributed by atoms with Crippen LogP contribution in [0.4, 0.5) is 4.79 Å². The van der Waals surface area contributed by atoms with Gasteiger partial charge in [0.2, 0.25) is 0 Å². The standard InChI is InChI=1S/C14H23N3O3/c18-13(19)9-1-2-10(7-9)15-14(20)16-11-5-6-17(8-11)12-3-4-12/h9-12H,1-8H2,(H,18,19)(H2,15,16,20)/t9-,10+,11?/m1/s1. The summed E-state index contributed by atoms with van der Waals surface area (Å²) in [5.74, 6) is -1.04. The van der Waals surface area contributed by atoms with E-state index in [0.717, 1.165) is 32.0 Å². The second-order valence-corrected chi connectivity index (χ2v) is 6.37. The van der Waals surface area contributed by atoms with Crippen LogP contribution in [0.1, 0.15) is 38.5 Å². The minimum atomic E-state index is -0.745. The fourth-order valence-corrected chi connectivity index (χ4v) is 3.43. The number of likely N-dealkylation sites (tertiary alicyclic amines) is 1. The molecule has 1 unspecified atom stereocenters. The first-order valence-electron chi connectivity index (χ1n) is 7.65. The van der Waals surface area contributed by atoms with Crippen molar-refractivity contribution in [3.05, 3.63) is 0 Å². The SMILES string of the molecule is O=C(NC1CCN(C2CC2)C1)N[C@H]1CC[C@@H](C(=O)O)C1. The van der Waals surface area contributed by atoms with Gasteiger partial charge in [-0.3, -0.25) is 9.69 Å². The average molecular weight is 281 g/mol. The Bertz CT molecular complexity index is 397. The Kier molecular flexibility index (Phi) is 3.83. The number of nitrogens with zero attached hydrogens (tertiary/aromatic N) is 1. The molecule has 6 heteroatoms. The molecule has 3 fully saturated rings. The summed E-state index contributed by atoms with van der Waals surface area (Å²) in [4.78, 5) is 25.3. The van der Waals surface area contributed by atoms with Crippen molar-refractivity contribution in [1.82, 2.24) is 15.5 Å². The summed E-state index contributed by atoms with van der Waals surface area (Å²) in [5.41, 5.74) is 0. The van der Waals surface area contributed by atoms with E-state index in [1.807, 2.05) is 0 Å². The smallest absolute Gasteiger partial charge is 0.315 e. The lowest BCUT2D eigenvalue weighted by Gasteiger charge is -2.18. The fraction of sp³-hybridized carbons (Fsp3) is 0.857. The maximum atomic E-state index is 11.9. The molecule has 6 nitrogen and oxygen atoms in total. The van der Waals surface area contributed by atoms with E-state index in [-0.39, 0.29) is 24.0 Å². The van der Waals surface area contributed by atoms with Crippen molar-refractivity contribution in [2.24, 2.45) is 5.92 Å². The number of hydrogen-bond acceptors (Lipinski definition) is 3. The van der Waals surface area contributed by atoms with Crippen molar-refractivity contribution in [2.45, 2.75) is 56.7 Å². The van der Waals surface area contributed by atoms with Crippen LogP contribution in [0.3, 0.4) is 0 Å². The molecule has 2 saturated carbocycles. The number of rotatable bonds is 4. The third-order valence-electron chi connectivity index (χ3n) is 4.74. The van der Waals surface area contributed by atoms with Crippen molar-refractivity contribution in [3.63, 3.8) is 0 Å². The van der Waals surface area contributed by atoms with E-state index in [9.17, 15) is 9.59 Å². The Morgan fingerprint density at radius 2 is 1.75 bits per heavy atom. The molecule has 0 radical (unpaired) electrons. The predicted molar refractivity (Wildman–Crippen MR) is 73.4 cm³/mol. The van der Waals surface area contributed by atoms with Gasteiger partial charge in [-0.25, -0.2) is 4.79 Å². The van der Waals surface area contributed by atoms with Crippen molar-refractivity contribution in [2.75, 3.05) is 13.1 Å². The van der Waals surface area contributed by atoms with Gasteiger partial charge in [-0.05, 0) is 38.5 Å². The lowest BCUT2D eigenvalue weighted by Crippen LogP contribution is -2.46. The number of carbonyl (C=O) groups excluding carboxylic acids is 1.